The Morgan fingerprint density at radius 2 is 2.35 bits per heavy atom. The molecule has 0 spiro atoms. The van der Waals surface area contributed by atoms with Gasteiger partial charge < -0.3 is 15.3 Å². The Balaban J connectivity index is 1.80. The van der Waals surface area contributed by atoms with Crippen molar-refractivity contribution in [2.75, 3.05) is 26.7 Å². The first-order valence-corrected chi connectivity index (χ1v) is 6.02. The van der Waals surface area contributed by atoms with Crippen molar-refractivity contribution in [3.8, 4) is 5.75 Å². The Hall–Kier alpha value is -1.13. The van der Waals surface area contributed by atoms with Crippen LogP contribution in [0.1, 0.15) is 12.0 Å². The molecule has 17 heavy (non-hydrogen) atoms. The second-order valence-electron chi connectivity index (χ2n) is 4.82. The van der Waals surface area contributed by atoms with E-state index < -0.39 is 0 Å². The summed E-state index contributed by atoms with van der Waals surface area (Å²) >= 11 is 0. The molecular formula is C13H19FN2O. The number of hydrogen-bond acceptors (Lipinski definition) is 3. The minimum atomic E-state index is -0.305. The van der Waals surface area contributed by atoms with Crippen LogP contribution < -0.4 is 5.32 Å². The lowest BCUT2D eigenvalue weighted by atomic mass is 10.1. The van der Waals surface area contributed by atoms with E-state index in [1.807, 2.05) is 0 Å². The molecule has 1 aromatic carbocycles. The molecule has 0 aliphatic carbocycles. The highest BCUT2D eigenvalue weighted by molar-refractivity contribution is 5.32. The molecule has 0 aromatic heterocycles. The highest BCUT2D eigenvalue weighted by atomic mass is 19.1. The fourth-order valence-electron chi connectivity index (χ4n) is 2.30. The first kappa shape index (κ1) is 12.3. The van der Waals surface area contributed by atoms with Crippen LogP contribution in [0, 0.1) is 11.7 Å². The van der Waals surface area contributed by atoms with Crippen molar-refractivity contribution < 1.29 is 9.50 Å². The normalized spacial score (nSPS) is 20.9. The Bertz CT molecular complexity index is 384. The van der Waals surface area contributed by atoms with Gasteiger partial charge in [-0.1, -0.05) is 0 Å². The lowest BCUT2D eigenvalue weighted by molar-refractivity contribution is 0.387. The number of nitrogens with one attached hydrogen (secondary N) is 1. The van der Waals surface area contributed by atoms with E-state index in [1.165, 1.54) is 24.6 Å². The van der Waals surface area contributed by atoms with Gasteiger partial charge in [-0.25, -0.2) is 4.39 Å². The van der Waals surface area contributed by atoms with Crippen molar-refractivity contribution in [1.29, 1.82) is 0 Å². The summed E-state index contributed by atoms with van der Waals surface area (Å²) in [5, 5.41) is 12.8. The summed E-state index contributed by atoms with van der Waals surface area (Å²) in [6.45, 7) is 3.70. The maximum absolute atomic E-state index is 13.0. The number of phenols is 1. The summed E-state index contributed by atoms with van der Waals surface area (Å²) in [5.74, 6) is 0.512. The predicted molar refractivity (Wildman–Crippen MR) is 65.4 cm³/mol. The molecule has 0 bridgehead atoms. The zero-order valence-corrected chi connectivity index (χ0v) is 10.1. The second kappa shape index (κ2) is 5.47. The number of hydrogen-bond donors (Lipinski definition) is 2. The summed E-state index contributed by atoms with van der Waals surface area (Å²) in [7, 11) is 2.12. The fourth-order valence-corrected chi connectivity index (χ4v) is 2.30. The third-order valence-electron chi connectivity index (χ3n) is 3.28. The average Bonchev–Trinajstić information content (AvgIpc) is 2.69. The largest absolute Gasteiger partial charge is 0.508 e. The van der Waals surface area contributed by atoms with Crippen LogP contribution in [0.2, 0.25) is 0 Å². The van der Waals surface area contributed by atoms with Crippen molar-refractivity contribution in [3.05, 3.63) is 29.6 Å². The van der Waals surface area contributed by atoms with Crippen molar-refractivity contribution in [3.63, 3.8) is 0 Å². The molecule has 1 atom stereocenters. The molecule has 0 amide bonds. The van der Waals surface area contributed by atoms with Crippen LogP contribution in [0.5, 0.6) is 5.75 Å². The van der Waals surface area contributed by atoms with Gasteiger partial charge in [0.2, 0.25) is 0 Å². The number of benzene rings is 1. The third-order valence-corrected chi connectivity index (χ3v) is 3.28. The van der Waals surface area contributed by atoms with Crippen LogP contribution in [0.25, 0.3) is 0 Å². The van der Waals surface area contributed by atoms with Gasteiger partial charge in [0.1, 0.15) is 11.6 Å². The van der Waals surface area contributed by atoms with E-state index in [-0.39, 0.29) is 11.6 Å². The number of phenolic OH excluding ortho intramolecular Hbond substituents is 1. The number of rotatable bonds is 4. The van der Waals surface area contributed by atoms with Crippen molar-refractivity contribution in [1.82, 2.24) is 10.2 Å². The molecule has 3 nitrogen and oxygen atoms in total. The van der Waals surface area contributed by atoms with Crippen molar-refractivity contribution >= 4 is 0 Å². The molecular weight excluding hydrogens is 219 g/mol. The molecule has 1 aliphatic rings. The van der Waals surface area contributed by atoms with E-state index in [0.29, 0.717) is 18.0 Å². The summed E-state index contributed by atoms with van der Waals surface area (Å²) < 4.78 is 13.0. The first-order chi connectivity index (χ1) is 8.15. The maximum atomic E-state index is 13.0. The van der Waals surface area contributed by atoms with Crippen molar-refractivity contribution in [2.24, 2.45) is 5.92 Å². The standard InChI is InChI=1S/C13H19FN2O/c1-16-5-4-10(9-16)7-15-8-11-6-12(14)2-3-13(11)17/h2-3,6,10,15,17H,4-5,7-9H2,1H3. The van der Waals surface area contributed by atoms with Gasteiger partial charge >= 0.3 is 0 Å². The minimum absolute atomic E-state index is 0.155. The van der Waals surface area contributed by atoms with E-state index in [2.05, 4.69) is 17.3 Å². The molecule has 4 heteroatoms. The summed E-state index contributed by atoms with van der Waals surface area (Å²) in [6.07, 6.45) is 1.21. The molecule has 0 saturated carbocycles. The number of halogens is 1. The number of likely N-dealkylation sites (tertiary alicyclic amines) is 1. The second-order valence-corrected chi connectivity index (χ2v) is 4.82. The molecule has 1 aromatic rings. The van der Waals surface area contributed by atoms with E-state index in [0.717, 1.165) is 19.6 Å². The number of nitrogens with zero attached hydrogens (tertiary/aromatic N) is 1. The third kappa shape index (κ3) is 3.41. The predicted octanol–water partition coefficient (Wildman–Crippen LogP) is 1.57. The van der Waals surface area contributed by atoms with Gasteiger partial charge in [-0.05, 0) is 50.7 Å². The van der Waals surface area contributed by atoms with Crippen LogP contribution in [0.3, 0.4) is 0 Å². The monoisotopic (exact) mass is 238 g/mol. The Kier molecular flexibility index (Phi) is 3.97. The highest BCUT2D eigenvalue weighted by Crippen LogP contribution is 2.18. The van der Waals surface area contributed by atoms with Crippen LogP contribution in [0.4, 0.5) is 4.39 Å². The van der Waals surface area contributed by atoms with Crippen LogP contribution in [-0.2, 0) is 6.54 Å². The summed E-state index contributed by atoms with van der Waals surface area (Å²) in [5.41, 5.74) is 0.622. The molecule has 1 unspecified atom stereocenters. The van der Waals surface area contributed by atoms with Crippen molar-refractivity contribution in [2.45, 2.75) is 13.0 Å². The van der Waals surface area contributed by atoms with Crippen LogP contribution >= 0.6 is 0 Å². The zero-order chi connectivity index (χ0) is 12.3. The molecule has 1 heterocycles. The molecule has 2 N–H and O–H groups in total. The quantitative estimate of drug-likeness (QED) is 0.836. The van der Waals surface area contributed by atoms with E-state index >= 15 is 0 Å². The van der Waals surface area contributed by atoms with Gasteiger partial charge in [-0.3, -0.25) is 0 Å². The van der Waals surface area contributed by atoms with E-state index in [1.54, 1.807) is 0 Å². The number of aromatic hydroxyl groups is 1. The molecule has 2 rings (SSSR count). The Morgan fingerprint density at radius 3 is 3.06 bits per heavy atom. The average molecular weight is 238 g/mol. The highest BCUT2D eigenvalue weighted by Gasteiger charge is 2.18. The molecule has 1 saturated heterocycles. The van der Waals surface area contributed by atoms with Gasteiger partial charge in [-0.15, -0.1) is 0 Å². The maximum Gasteiger partial charge on any atom is 0.123 e. The molecule has 1 aliphatic heterocycles. The molecule has 0 radical (unpaired) electrons. The molecule has 1 fully saturated rings. The van der Waals surface area contributed by atoms with Crippen LogP contribution in [0.15, 0.2) is 18.2 Å². The van der Waals surface area contributed by atoms with Gasteiger partial charge in [-0.2, -0.15) is 0 Å². The lowest BCUT2D eigenvalue weighted by Crippen LogP contribution is -2.24. The summed E-state index contributed by atoms with van der Waals surface area (Å²) in [4.78, 5) is 2.31. The molecule has 94 valence electrons. The zero-order valence-electron chi connectivity index (χ0n) is 10.1. The fraction of sp³-hybridized carbons (Fsp3) is 0.538. The SMILES string of the molecule is CN1CCC(CNCc2cc(F)ccc2O)C1. The first-order valence-electron chi connectivity index (χ1n) is 6.02. The Labute approximate surface area is 101 Å². The van der Waals surface area contributed by atoms with E-state index in [9.17, 15) is 9.50 Å². The smallest absolute Gasteiger partial charge is 0.123 e. The summed E-state index contributed by atoms with van der Waals surface area (Å²) in [6, 6.07) is 4.05. The van der Waals surface area contributed by atoms with Gasteiger partial charge in [0, 0.05) is 18.7 Å². The minimum Gasteiger partial charge on any atom is -0.508 e. The van der Waals surface area contributed by atoms with Crippen LogP contribution in [-0.4, -0.2) is 36.7 Å². The topological polar surface area (TPSA) is 35.5 Å². The Morgan fingerprint density at radius 1 is 1.53 bits per heavy atom. The van der Waals surface area contributed by atoms with Gasteiger partial charge in [0.25, 0.3) is 0 Å². The lowest BCUT2D eigenvalue weighted by Gasteiger charge is -2.12. The van der Waals surface area contributed by atoms with Gasteiger partial charge in [0.05, 0.1) is 0 Å². The van der Waals surface area contributed by atoms with E-state index in [4.69, 9.17) is 0 Å². The van der Waals surface area contributed by atoms with Gasteiger partial charge in [0.15, 0.2) is 0 Å².